The molecule has 0 saturated heterocycles. The van der Waals surface area contributed by atoms with Crippen molar-refractivity contribution in [3.05, 3.63) is 110 Å². The molecule has 34 heavy (non-hydrogen) atoms. The highest BCUT2D eigenvalue weighted by Crippen LogP contribution is 2.33. The van der Waals surface area contributed by atoms with Crippen LogP contribution in [0.15, 0.2) is 80.4 Å². The highest BCUT2D eigenvalue weighted by atomic mass is 35.5. The molecule has 0 spiro atoms. The number of amides is 1. The number of fused-ring (bicyclic) bond motifs is 2. The van der Waals surface area contributed by atoms with Crippen molar-refractivity contribution >= 4 is 50.9 Å². The van der Waals surface area contributed by atoms with E-state index in [0.717, 1.165) is 18.2 Å². The molecule has 1 amide bonds. The van der Waals surface area contributed by atoms with Gasteiger partial charge in [0.1, 0.15) is 17.0 Å². The lowest BCUT2D eigenvalue weighted by Crippen LogP contribution is -2.16. The van der Waals surface area contributed by atoms with Gasteiger partial charge in [0.15, 0.2) is 16.9 Å². The Labute approximate surface area is 196 Å². The van der Waals surface area contributed by atoms with Crippen LogP contribution >= 0.6 is 11.6 Å². The normalized spacial score (nSPS) is 11.1. The van der Waals surface area contributed by atoms with E-state index in [4.69, 9.17) is 20.4 Å². The summed E-state index contributed by atoms with van der Waals surface area (Å²) in [5.74, 6) is -2.16. The van der Waals surface area contributed by atoms with Gasteiger partial charge in [0, 0.05) is 22.0 Å². The molecule has 0 saturated carbocycles. The van der Waals surface area contributed by atoms with Crippen LogP contribution in [0.1, 0.15) is 32.2 Å². The van der Waals surface area contributed by atoms with E-state index in [2.05, 4.69) is 5.32 Å². The number of hydrogen-bond acceptors (Lipinski definition) is 5. The SMILES string of the molecule is Cc1cc2oc(C(=O)Nc3c(C(=O)c4ccc(F)cc4)oc4ccccc34)cc(=O)c2cc1Cl. The first-order valence-electron chi connectivity index (χ1n) is 10.2. The quantitative estimate of drug-likeness (QED) is 0.316. The van der Waals surface area contributed by atoms with Crippen molar-refractivity contribution in [2.45, 2.75) is 6.92 Å². The molecule has 6 nitrogen and oxygen atoms in total. The number of ketones is 1. The largest absolute Gasteiger partial charge is 0.451 e. The molecule has 168 valence electrons. The molecule has 5 rings (SSSR count). The lowest BCUT2D eigenvalue weighted by molar-refractivity contribution is 0.0997. The second kappa shape index (κ2) is 8.28. The van der Waals surface area contributed by atoms with Gasteiger partial charge in [-0.05, 0) is 61.0 Å². The molecule has 5 aromatic rings. The van der Waals surface area contributed by atoms with E-state index in [1.807, 2.05) is 0 Å². The summed E-state index contributed by atoms with van der Waals surface area (Å²) >= 11 is 6.10. The van der Waals surface area contributed by atoms with Gasteiger partial charge < -0.3 is 14.2 Å². The summed E-state index contributed by atoms with van der Waals surface area (Å²) in [5, 5.41) is 3.77. The van der Waals surface area contributed by atoms with Gasteiger partial charge >= 0.3 is 0 Å². The fourth-order valence-electron chi connectivity index (χ4n) is 3.63. The zero-order valence-corrected chi connectivity index (χ0v) is 18.4. The molecular formula is C26H15ClFNO5. The second-order valence-corrected chi connectivity index (χ2v) is 8.07. The minimum Gasteiger partial charge on any atom is -0.451 e. The summed E-state index contributed by atoms with van der Waals surface area (Å²) in [6, 6.07) is 15.9. The monoisotopic (exact) mass is 475 g/mol. The number of rotatable bonds is 4. The van der Waals surface area contributed by atoms with Crippen molar-refractivity contribution < 1.29 is 22.8 Å². The molecule has 8 heteroatoms. The molecule has 3 aromatic carbocycles. The first-order valence-corrected chi connectivity index (χ1v) is 10.6. The standard InChI is InChI=1S/C26H15ClFNO5/c1-13-10-21-17(11-18(13)27)19(30)12-22(33-21)26(32)29-23-16-4-2-3-5-20(16)34-25(23)24(31)14-6-8-15(28)9-7-14/h2-12H,1H3,(H,29,32). The maximum Gasteiger partial charge on any atom is 0.291 e. The molecule has 1 N–H and O–H groups in total. The Morgan fingerprint density at radius 1 is 0.912 bits per heavy atom. The summed E-state index contributed by atoms with van der Waals surface area (Å²) in [6.07, 6.45) is 0. The Morgan fingerprint density at radius 3 is 2.41 bits per heavy atom. The van der Waals surface area contributed by atoms with Gasteiger partial charge in [-0.1, -0.05) is 23.7 Å². The van der Waals surface area contributed by atoms with Crippen LogP contribution in [0.4, 0.5) is 10.1 Å². The molecular weight excluding hydrogens is 461 g/mol. The Kier molecular flexibility index (Phi) is 5.26. The predicted octanol–water partition coefficient (Wildman–Crippen LogP) is 6.12. The van der Waals surface area contributed by atoms with E-state index < -0.39 is 22.9 Å². The van der Waals surface area contributed by atoms with Crippen LogP contribution in [0, 0.1) is 12.7 Å². The summed E-state index contributed by atoms with van der Waals surface area (Å²) in [6.45, 7) is 1.75. The van der Waals surface area contributed by atoms with Crippen LogP contribution in [0.25, 0.3) is 21.9 Å². The number of benzene rings is 3. The van der Waals surface area contributed by atoms with E-state index in [1.54, 1.807) is 37.3 Å². The average molecular weight is 476 g/mol. The molecule has 0 bridgehead atoms. The van der Waals surface area contributed by atoms with Crippen LogP contribution in [0.3, 0.4) is 0 Å². The Bertz CT molecular complexity index is 1670. The minimum absolute atomic E-state index is 0.116. The molecule has 0 aliphatic heterocycles. The van der Waals surface area contributed by atoms with Crippen LogP contribution < -0.4 is 10.7 Å². The molecule has 2 aromatic heterocycles. The third kappa shape index (κ3) is 3.76. The Balaban J connectivity index is 1.58. The Hall–Kier alpha value is -4.23. The smallest absolute Gasteiger partial charge is 0.291 e. The van der Waals surface area contributed by atoms with E-state index in [9.17, 15) is 18.8 Å². The van der Waals surface area contributed by atoms with E-state index >= 15 is 0 Å². The van der Waals surface area contributed by atoms with Crippen molar-refractivity contribution in [2.75, 3.05) is 5.32 Å². The van der Waals surface area contributed by atoms with Crippen molar-refractivity contribution in [3.63, 3.8) is 0 Å². The summed E-state index contributed by atoms with van der Waals surface area (Å²) < 4.78 is 24.7. The molecule has 2 heterocycles. The predicted molar refractivity (Wildman–Crippen MR) is 126 cm³/mol. The molecule has 0 atom stereocenters. The number of para-hydroxylation sites is 1. The van der Waals surface area contributed by atoms with Gasteiger partial charge in [-0.25, -0.2) is 4.39 Å². The number of aryl methyl sites for hydroxylation is 1. The summed E-state index contributed by atoms with van der Waals surface area (Å²) in [4.78, 5) is 38.8. The highest BCUT2D eigenvalue weighted by Gasteiger charge is 2.25. The third-order valence-electron chi connectivity index (χ3n) is 5.38. The number of furan rings is 1. The lowest BCUT2D eigenvalue weighted by Gasteiger charge is -2.07. The third-order valence-corrected chi connectivity index (χ3v) is 5.79. The van der Waals surface area contributed by atoms with Gasteiger partial charge in [-0.2, -0.15) is 0 Å². The number of nitrogens with one attached hydrogen (secondary N) is 1. The van der Waals surface area contributed by atoms with Crippen LogP contribution in [-0.2, 0) is 0 Å². The van der Waals surface area contributed by atoms with E-state index in [1.165, 1.54) is 18.2 Å². The van der Waals surface area contributed by atoms with Gasteiger partial charge in [-0.3, -0.25) is 14.4 Å². The molecule has 0 unspecified atom stereocenters. The van der Waals surface area contributed by atoms with Crippen LogP contribution in [-0.4, -0.2) is 11.7 Å². The maximum absolute atomic E-state index is 13.3. The van der Waals surface area contributed by atoms with Crippen LogP contribution in [0.5, 0.6) is 0 Å². The van der Waals surface area contributed by atoms with Crippen molar-refractivity contribution in [1.29, 1.82) is 0 Å². The summed E-state index contributed by atoms with van der Waals surface area (Å²) in [5.41, 5.74) is 1.12. The fourth-order valence-corrected chi connectivity index (χ4v) is 3.79. The topological polar surface area (TPSA) is 89.5 Å². The highest BCUT2D eigenvalue weighted by molar-refractivity contribution is 6.32. The van der Waals surface area contributed by atoms with Gasteiger partial charge in [0.2, 0.25) is 5.78 Å². The van der Waals surface area contributed by atoms with E-state index in [-0.39, 0.29) is 33.7 Å². The van der Waals surface area contributed by atoms with Crippen molar-refractivity contribution in [3.8, 4) is 0 Å². The molecule has 0 fully saturated rings. The van der Waals surface area contributed by atoms with Crippen LogP contribution in [0.2, 0.25) is 5.02 Å². The molecule has 0 aliphatic rings. The maximum atomic E-state index is 13.3. The molecule has 0 radical (unpaired) electrons. The number of hydrogen-bond donors (Lipinski definition) is 1. The van der Waals surface area contributed by atoms with Crippen molar-refractivity contribution in [2.24, 2.45) is 0 Å². The number of carbonyl (C=O) groups excluding carboxylic acids is 2. The Morgan fingerprint density at radius 2 is 1.65 bits per heavy atom. The van der Waals surface area contributed by atoms with Gasteiger partial charge in [0.05, 0.1) is 11.1 Å². The summed E-state index contributed by atoms with van der Waals surface area (Å²) in [7, 11) is 0. The number of anilines is 1. The van der Waals surface area contributed by atoms with Gasteiger partial charge in [-0.15, -0.1) is 0 Å². The first-order chi connectivity index (χ1) is 16.3. The van der Waals surface area contributed by atoms with Gasteiger partial charge in [0.25, 0.3) is 5.91 Å². The lowest BCUT2D eigenvalue weighted by atomic mass is 10.1. The van der Waals surface area contributed by atoms with E-state index in [0.29, 0.717) is 21.6 Å². The fraction of sp³-hybridized carbons (Fsp3) is 0.0385. The average Bonchev–Trinajstić information content (AvgIpc) is 3.18. The number of carbonyl (C=O) groups is 2. The second-order valence-electron chi connectivity index (χ2n) is 7.66. The zero-order chi connectivity index (χ0) is 24.0. The molecule has 0 aliphatic carbocycles. The minimum atomic E-state index is -0.744. The zero-order valence-electron chi connectivity index (χ0n) is 17.6. The number of halogens is 2. The first kappa shape index (κ1) is 21.6. The van der Waals surface area contributed by atoms with Crippen molar-refractivity contribution in [1.82, 2.24) is 0 Å².